The highest BCUT2D eigenvalue weighted by molar-refractivity contribution is 5.77. The van der Waals surface area contributed by atoms with E-state index < -0.39 is 0 Å². The number of hydrogen-bond acceptors (Lipinski definition) is 2. The monoisotopic (exact) mass is 267 g/mol. The minimum absolute atomic E-state index is 0.0468. The summed E-state index contributed by atoms with van der Waals surface area (Å²) in [5.74, 6) is 0.656. The molecule has 1 aliphatic heterocycles. The van der Waals surface area contributed by atoms with E-state index in [-0.39, 0.29) is 18.0 Å². The fourth-order valence-corrected chi connectivity index (χ4v) is 2.39. The van der Waals surface area contributed by atoms with Crippen LogP contribution in [0.2, 0.25) is 0 Å². The van der Waals surface area contributed by atoms with Gasteiger partial charge in [0.2, 0.25) is 5.91 Å². The fourth-order valence-electron chi connectivity index (χ4n) is 2.39. The molecule has 2 N–H and O–H groups in total. The molecule has 5 heteroatoms. The molecule has 0 unspecified atom stereocenters. The Labute approximate surface area is 115 Å². The van der Waals surface area contributed by atoms with Crippen molar-refractivity contribution >= 4 is 11.9 Å². The molecule has 19 heavy (non-hydrogen) atoms. The van der Waals surface area contributed by atoms with Crippen LogP contribution in [0.15, 0.2) is 0 Å². The van der Waals surface area contributed by atoms with Gasteiger partial charge in [-0.1, -0.05) is 13.8 Å². The third kappa shape index (κ3) is 4.73. The number of likely N-dealkylation sites (tertiary alicyclic amines) is 1. The number of nitrogens with zero attached hydrogens (tertiary/aromatic N) is 1. The molecule has 1 heterocycles. The minimum atomic E-state index is -0.0468. The molecule has 1 aliphatic carbocycles. The minimum Gasteiger partial charge on any atom is -0.343 e. The first kappa shape index (κ1) is 14.2. The lowest BCUT2D eigenvalue weighted by atomic mass is 10.0. The molecule has 2 aliphatic rings. The summed E-state index contributed by atoms with van der Waals surface area (Å²) in [6.45, 7) is 5.66. The smallest absolute Gasteiger partial charge is 0.315 e. The van der Waals surface area contributed by atoms with Crippen molar-refractivity contribution in [2.45, 2.75) is 58.0 Å². The van der Waals surface area contributed by atoms with Gasteiger partial charge in [-0.3, -0.25) is 4.79 Å². The average Bonchev–Trinajstić information content (AvgIpc) is 3.12. The van der Waals surface area contributed by atoms with E-state index in [2.05, 4.69) is 24.5 Å². The molecule has 1 saturated heterocycles. The van der Waals surface area contributed by atoms with Crippen molar-refractivity contribution in [1.82, 2.24) is 15.5 Å². The molecule has 0 aromatic heterocycles. The zero-order valence-corrected chi connectivity index (χ0v) is 11.9. The maximum absolute atomic E-state index is 11.9. The highest BCUT2D eigenvalue weighted by Crippen LogP contribution is 2.18. The van der Waals surface area contributed by atoms with Crippen molar-refractivity contribution in [3.8, 4) is 0 Å². The second-order valence-corrected chi connectivity index (χ2v) is 6.15. The summed E-state index contributed by atoms with van der Waals surface area (Å²) in [5.41, 5.74) is 0. The number of nitrogens with one attached hydrogen (secondary N) is 2. The quantitative estimate of drug-likeness (QED) is 0.810. The van der Waals surface area contributed by atoms with Crippen molar-refractivity contribution in [2.75, 3.05) is 13.1 Å². The third-order valence-electron chi connectivity index (χ3n) is 3.68. The molecule has 0 bridgehead atoms. The average molecular weight is 267 g/mol. The Bertz CT molecular complexity index is 332. The number of piperidine rings is 1. The van der Waals surface area contributed by atoms with Crippen molar-refractivity contribution in [1.29, 1.82) is 0 Å². The molecule has 1 saturated carbocycles. The Balaban J connectivity index is 1.66. The lowest BCUT2D eigenvalue weighted by Gasteiger charge is -2.32. The van der Waals surface area contributed by atoms with Gasteiger partial charge in [0.1, 0.15) is 0 Å². The van der Waals surface area contributed by atoms with Gasteiger partial charge in [0.05, 0.1) is 0 Å². The van der Waals surface area contributed by atoms with Crippen molar-refractivity contribution < 1.29 is 9.59 Å². The highest BCUT2D eigenvalue weighted by atomic mass is 16.2. The number of hydrogen-bond donors (Lipinski definition) is 2. The molecule has 0 radical (unpaired) electrons. The van der Waals surface area contributed by atoms with Crippen LogP contribution >= 0.6 is 0 Å². The van der Waals surface area contributed by atoms with Crippen LogP contribution < -0.4 is 10.6 Å². The van der Waals surface area contributed by atoms with E-state index in [0.717, 1.165) is 38.8 Å². The lowest BCUT2D eigenvalue weighted by molar-refractivity contribution is -0.133. The Morgan fingerprint density at radius 2 is 1.58 bits per heavy atom. The van der Waals surface area contributed by atoms with Gasteiger partial charge in [0.15, 0.2) is 0 Å². The second kappa shape index (κ2) is 6.26. The van der Waals surface area contributed by atoms with Gasteiger partial charge in [-0.05, 0) is 31.6 Å². The van der Waals surface area contributed by atoms with E-state index in [1.54, 1.807) is 0 Å². The molecular formula is C14H25N3O2. The standard InChI is InChI=1S/C14H25N3O2/c1-10(2)9-13(18)17-7-5-12(6-8-17)16-14(19)15-11-3-4-11/h10-12H,3-9H2,1-2H3,(H2,15,16,19). The molecule has 0 atom stereocenters. The number of urea groups is 1. The Morgan fingerprint density at radius 3 is 2.05 bits per heavy atom. The topological polar surface area (TPSA) is 61.4 Å². The van der Waals surface area contributed by atoms with Crippen LogP contribution in [0.3, 0.4) is 0 Å². The van der Waals surface area contributed by atoms with Gasteiger partial charge in [0.25, 0.3) is 0 Å². The van der Waals surface area contributed by atoms with Crippen LogP contribution in [-0.4, -0.2) is 42.0 Å². The van der Waals surface area contributed by atoms with Crippen LogP contribution in [0.1, 0.15) is 46.0 Å². The van der Waals surface area contributed by atoms with E-state index in [1.165, 1.54) is 0 Å². The van der Waals surface area contributed by atoms with Gasteiger partial charge in [-0.15, -0.1) is 0 Å². The van der Waals surface area contributed by atoms with E-state index in [1.807, 2.05) is 4.90 Å². The predicted molar refractivity (Wildman–Crippen MR) is 73.7 cm³/mol. The second-order valence-electron chi connectivity index (χ2n) is 6.15. The van der Waals surface area contributed by atoms with Crippen molar-refractivity contribution in [3.05, 3.63) is 0 Å². The summed E-state index contributed by atoms with van der Waals surface area (Å²) in [7, 11) is 0. The van der Waals surface area contributed by atoms with Gasteiger partial charge in [-0.2, -0.15) is 0 Å². The summed E-state index contributed by atoms with van der Waals surface area (Å²) >= 11 is 0. The summed E-state index contributed by atoms with van der Waals surface area (Å²) in [5, 5.41) is 5.93. The lowest BCUT2D eigenvalue weighted by Crippen LogP contribution is -2.49. The zero-order valence-electron chi connectivity index (χ0n) is 11.9. The molecule has 0 spiro atoms. The van der Waals surface area contributed by atoms with Gasteiger partial charge >= 0.3 is 6.03 Å². The predicted octanol–water partition coefficient (Wildman–Crippen LogP) is 1.49. The van der Waals surface area contributed by atoms with Crippen LogP contribution in [0, 0.1) is 5.92 Å². The Morgan fingerprint density at radius 1 is 1.05 bits per heavy atom. The normalized spacial score (nSPS) is 20.5. The number of amides is 3. The Hall–Kier alpha value is -1.26. The number of carbonyl (C=O) groups is 2. The van der Waals surface area contributed by atoms with Crippen LogP contribution in [0.25, 0.3) is 0 Å². The molecule has 108 valence electrons. The highest BCUT2D eigenvalue weighted by Gasteiger charge is 2.27. The Kier molecular flexibility index (Phi) is 4.66. The van der Waals surface area contributed by atoms with Gasteiger partial charge in [-0.25, -0.2) is 4.79 Å². The van der Waals surface area contributed by atoms with Crippen molar-refractivity contribution in [3.63, 3.8) is 0 Å². The molecule has 3 amide bonds. The molecule has 0 aromatic carbocycles. The number of rotatable bonds is 4. The third-order valence-corrected chi connectivity index (χ3v) is 3.68. The first-order valence-corrected chi connectivity index (χ1v) is 7.39. The zero-order chi connectivity index (χ0) is 13.8. The molecule has 2 rings (SSSR count). The van der Waals surface area contributed by atoms with Gasteiger partial charge in [0, 0.05) is 31.6 Å². The molecule has 2 fully saturated rings. The SMILES string of the molecule is CC(C)CC(=O)N1CCC(NC(=O)NC2CC2)CC1. The van der Waals surface area contributed by atoms with E-state index >= 15 is 0 Å². The van der Waals surface area contributed by atoms with Crippen molar-refractivity contribution in [2.24, 2.45) is 5.92 Å². The van der Waals surface area contributed by atoms with E-state index in [9.17, 15) is 9.59 Å². The maximum atomic E-state index is 11.9. The van der Waals surface area contributed by atoms with Crippen LogP contribution in [0.5, 0.6) is 0 Å². The summed E-state index contributed by atoms with van der Waals surface area (Å²) in [6.07, 6.45) is 4.56. The molecule has 0 aromatic rings. The molecule has 5 nitrogen and oxygen atoms in total. The van der Waals surface area contributed by atoms with E-state index in [4.69, 9.17) is 0 Å². The summed E-state index contributed by atoms with van der Waals surface area (Å²) in [4.78, 5) is 25.5. The molecular weight excluding hydrogens is 242 g/mol. The number of carbonyl (C=O) groups excluding carboxylic acids is 2. The first-order chi connectivity index (χ1) is 9.04. The maximum Gasteiger partial charge on any atom is 0.315 e. The van der Waals surface area contributed by atoms with Gasteiger partial charge < -0.3 is 15.5 Å². The summed E-state index contributed by atoms with van der Waals surface area (Å²) < 4.78 is 0. The van der Waals surface area contributed by atoms with Crippen LogP contribution in [-0.2, 0) is 4.79 Å². The van der Waals surface area contributed by atoms with Crippen LogP contribution in [0.4, 0.5) is 4.79 Å². The fraction of sp³-hybridized carbons (Fsp3) is 0.857. The largest absolute Gasteiger partial charge is 0.343 e. The summed E-state index contributed by atoms with van der Waals surface area (Å²) in [6, 6.07) is 0.559. The van der Waals surface area contributed by atoms with E-state index in [0.29, 0.717) is 18.4 Å². The first-order valence-electron chi connectivity index (χ1n) is 7.39.